The molecule has 316 valence electrons. The molecule has 10 aromatic rings. The summed E-state index contributed by atoms with van der Waals surface area (Å²) < 4.78 is 32.8. The minimum atomic E-state index is -2.52. The number of aromatic nitrogens is 2. The Balaban J connectivity index is 0.00000259. The van der Waals surface area contributed by atoms with Gasteiger partial charge in [0.25, 0.3) is 0 Å². The summed E-state index contributed by atoms with van der Waals surface area (Å²) in [6.07, 6.45) is 0.557. The molecule has 64 heavy (non-hydrogen) atoms. The molecule has 11 rings (SSSR count). The van der Waals surface area contributed by atoms with Crippen molar-refractivity contribution in [2.45, 2.75) is 46.3 Å². The van der Waals surface area contributed by atoms with E-state index >= 15 is 0 Å². The summed E-state index contributed by atoms with van der Waals surface area (Å²) in [6.45, 7) is 8.56. The van der Waals surface area contributed by atoms with Crippen molar-refractivity contribution in [2.75, 3.05) is 0 Å². The number of hydrogen-bond acceptors (Lipinski definition) is 4. The molecule has 0 amide bonds. The van der Waals surface area contributed by atoms with Crippen molar-refractivity contribution in [3.8, 4) is 56.6 Å². The fraction of sp³-hybridized carbons (Fsp3) is 0.127. The van der Waals surface area contributed by atoms with Crippen molar-refractivity contribution in [2.24, 2.45) is 0 Å². The molecule has 0 saturated carbocycles. The normalized spacial score (nSPS) is 14.4. The van der Waals surface area contributed by atoms with E-state index in [0.717, 1.165) is 102 Å². The van der Waals surface area contributed by atoms with E-state index in [9.17, 15) is 0 Å². The monoisotopic (exact) mass is 1050 g/mol. The first kappa shape index (κ1) is 43.3. The van der Waals surface area contributed by atoms with Gasteiger partial charge in [-0.05, 0) is 0 Å². The van der Waals surface area contributed by atoms with Crippen LogP contribution in [0.15, 0.2) is 170 Å². The zero-order chi connectivity index (χ0) is 41.9. The van der Waals surface area contributed by atoms with Crippen LogP contribution in [0.1, 0.15) is 31.4 Å². The molecule has 2 unspecified atom stereocenters. The number of ether oxygens (including phenoxy) is 2. The van der Waals surface area contributed by atoms with Crippen LogP contribution in [0.5, 0.6) is 23.0 Å². The number of aryl methyl sites for hydroxylation is 2. The molecule has 6 nitrogen and oxygen atoms in total. The zero-order valence-electron chi connectivity index (χ0n) is 35.8. The van der Waals surface area contributed by atoms with E-state index in [1.54, 1.807) is 0 Å². The average molecular weight is 1050 g/mol. The van der Waals surface area contributed by atoms with Crippen LogP contribution in [0.25, 0.3) is 77.2 Å². The first-order chi connectivity index (χ1) is 30.4. The van der Waals surface area contributed by atoms with Crippen molar-refractivity contribution < 1.29 is 63.8 Å². The Morgan fingerprint density at radius 3 is 1.58 bits per heavy atom. The Kier molecular flexibility index (Phi) is 12.1. The van der Waals surface area contributed by atoms with Gasteiger partial charge in [0.2, 0.25) is 0 Å². The second-order valence-electron chi connectivity index (χ2n) is 16.5. The molecule has 9 heteroatoms. The molecule has 4 bridgehead atoms. The third-order valence-electron chi connectivity index (χ3n) is 12.0. The summed E-state index contributed by atoms with van der Waals surface area (Å²) in [5, 5.41) is 4.72. The maximum Gasteiger partial charge on any atom is -1.00 e. The van der Waals surface area contributed by atoms with Crippen molar-refractivity contribution in [3.05, 3.63) is 181 Å². The SMILES string of the molecule is Cc1cc(-c2ccccc2)c([O][Hf+2][O]c2c3cc(C)cc2-n2c4ccccc4c4ccc(cc42)OC(C)CC(C)Oc2ccccc2-3)c(-n2c3ccccc3c3ccccc32)c1.[Cl-].[Cl-]. The molecule has 0 aliphatic carbocycles. The van der Waals surface area contributed by atoms with E-state index in [2.05, 4.69) is 201 Å². The van der Waals surface area contributed by atoms with Crippen LogP contribution in [0, 0.1) is 13.8 Å². The van der Waals surface area contributed by atoms with Gasteiger partial charge in [-0.25, -0.2) is 0 Å². The molecule has 1 aliphatic rings. The van der Waals surface area contributed by atoms with Gasteiger partial charge in [-0.15, -0.1) is 0 Å². The largest absolute Gasteiger partial charge is 1.00 e. The maximum absolute atomic E-state index is 7.37. The third kappa shape index (κ3) is 7.63. The summed E-state index contributed by atoms with van der Waals surface area (Å²) in [5.74, 6) is 3.22. The molecule has 3 heterocycles. The quantitative estimate of drug-likeness (QED) is 0.158. The van der Waals surface area contributed by atoms with Crippen LogP contribution >= 0.6 is 0 Å². The molecule has 2 atom stereocenters. The van der Waals surface area contributed by atoms with Gasteiger partial charge in [0.1, 0.15) is 0 Å². The topological polar surface area (TPSA) is 46.8 Å². The Morgan fingerprint density at radius 2 is 0.953 bits per heavy atom. The summed E-state index contributed by atoms with van der Waals surface area (Å²) in [6, 6.07) is 60.2. The zero-order valence-corrected chi connectivity index (χ0v) is 40.9. The summed E-state index contributed by atoms with van der Waals surface area (Å²) in [4.78, 5) is 0. The van der Waals surface area contributed by atoms with Crippen molar-refractivity contribution in [3.63, 3.8) is 0 Å². The van der Waals surface area contributed by atoms with Crippen LogP contribution in [0.2, 0.25) is 0 Å². The number of fused-ring (bicyclic) bond motifs is 12. The minimum Gasteiger partial charge on any atom is -1.00 e. The Labute approximate surface area is 397 Å². The molecular weight excluding hydrogens is 1000 g/mol. The van der Waals surface area contributed by atoms with E-state index < -0.39 is 23.8 Å². The van der Waals surface area contributed by atoms with Gasteiger partial charge < -0.3 is 24.8 Å². The Bertz CT molecular complexity index is 3290. The van der Waals surface area contributed by atoms with Gasteiger partial charge >= 0.3 is 376 Å². The fourth-order valence-electron chi connectivity index (χ4n) is 9.46. The number of rotatable bonds is 6. The van der Waals surface area contributed by atoms with Crippen molar-refractivity contribution in [1.82, 2.24) is 9.13 Å². The van der Waals surface area contributed by atoms with E-state index in [4.69, 9.17) is 15.2 Å². The van der Waals surface area contributed by atoms with Crippen molar-refractivity contribution in [1.29, 1.82) is 0 Å². The molecule has 0 N–H and O–H groups in total. The predicted octanol–water partition coefficient (Wildman–Crippen LogP) is 8.15. The summed E-state index contributed by atoms with van der Waals surface area (Å²) in [7, 11) is 0. The maximum atomic E-state index is 7.37. The van der Waals surface area contributed by atoms with Crippen LogP contribution in [0.3, 0.4) is 0 Å². The molecule has 8 aromatic carbocycles. The standard InChI is InChI=1S/C30H27NO3.C25H19NO.2ClH.Hf/c1-18-14-25-24-9-5-7-11-29(24)34-20(3)16-19(2)33-21-12-13-23-22-8-4-6-10-26(22)31(27(23)17-21)28(15-18)30(25)32;1-17-15-21(18-9-3-2-4-10-18)25(27)24(16-17)26-22-13-7-5-11-19(22)20-12-6-8-14-23(20)26;;;/h4-15,17,19-20,32H,16H2,1-3H3;2-16,27H,1H3;2*1H;/q;;;;+4/p-4. The smallest absolute Gasteiger partial charge is 1.00 e. The van der Waals surface area contributed by atoms with Gasteiger partial charge in [0, 0.05) is 0 Å². The van der Waals surface area contributed by atoms with Crippen molar-refractivity contribution >= 4 is 43.6 Å². The second kappa shape index (κ2) is 17.9. The predicted molar refractivity (Wildman–Crippen MR) is 248 cm³/mol. The third-order valence-corrected chi connectivity index (χ3v) is 14.1. The van der Waals surface area contributed by atoms with Crippen LogP contribution in [-0.4, -0.2) is 21.3 Å². The molecule has 0 spiro atoms. The molecule has 0 saturated heterocycles. The number of halogens is 2. The summed E-state index contributed by atoms with van der Waals surface area (Å²) >= 11 is -2.52. The van der Waals surface area contributed by atoms with Gasteiger partial charge in [0.05, 0.1) is 0 Å². The number of para-hydroxylation sites is 4. The summed E-state index contributed by atoms with van der Waals surface area (Å²) in [5.41, 5.74) is 12.7. The van der Waals surface area contributed by atoms with E-state index in [0.29, 0.717) is 0 Å². The molecule has 2 aromatic heterocycles. The van der Waals surface area contributed by atoms with E-state index in [-0.39, 0.29) is 37.0 Å². The van der Waals surface area contributed by atoms with E-state index in [1.165, 1.54) is 16.2 Å². The van der Waals surface area contributed by atoms with Gasteiger partial charge in [0.15, 0.2) is 0 Å². The van der Waals surface area contributed by atoms with Crippen LogP contribution in [-0.2, 0) is 23.8 Å². The van der Waals surface area contributed by atoms with Gasteiger partial charge in [-0.3, -0.25) is 0 Å². The fourth-order valence-corrected chi connectivity index (χ4v) is 11.8. The Hall–Kier alpha value is -5.99. The first-order valence-corrected chi connectivity index (χ1v) is 24.2. The molecule has 0 radical (unpaired) electrons. The van der Waals surface area contributed by atoms with E-state index in [1.807, 2.05) is 6.07 Å². The first-order valence-electron chi connectivity index (χ1n) is 21.3. The van der Waals surface area contributed by atoms with Gasteiger partial charge in [-0.2, -0.15) is 0 Å². The Morgan fingerprint density at radius 1 is 0.469 bits per heavy atom. The number of hydrogen-bond donors (Lipinski definition) is 0. The molecule has 1 aliphatic heterocycles. The number of nitrogens with zero attached hydrogens (tertiary/aromatic N) is 2. The average Bonchev–Trinajstić information content (AvgIpc) is 3.79. The van der Waals surface area contributed by atoms with Gasteiger partial charge in [-0.1, -0.05) is 0 Å². The molecule has 0 fully saturated rings. The minimum absolute atomic E-state index is 0. The molecular formula is C55H44Cl2HfN2O4. The van der Waals surface area contributed by atoms with Crippen LogP contribution < -0.4 is 40.0 Å². The van der Waals surface area contributed by atoms with Crippen LogP contribution in [0.4, 0.5) is 0 Å². The second-order valence-corrected chi connectivity index (χ2v) is 18.5. The number of benzene rings is 8.